The Morgan fingerprint density at radius 2 is 1.68 bits per heavy atom. The number of aromatic nitrogens is 2. The second-order valence-electron chi connectivity index (χ2n) is 6.52. The molecule has 1 aromatic heterocycles. The number of halogens is 3. The van der Waals surface area contributed by atoms with Gasteiger partial charge in [-0.05, 0) is 48.5 Å². The average Bonchev–Trinajstić information content (AvgIpc) is 2.78. The van der Waals surface area contributed by atoms with Gasteiger partial charge in [-0.1, -0.05) is 59.1 Å². The molecule has 0 radical (unpaired) electrons. The topological polar surface area (TPSA) is 59.3 Å². The van der Waals surface area contributed by atoms with Gasteiger partial charge in [-0.2, -0.15) is 5.10 Å². The third kappa shape index (κ3) is 4.97. The minimum absolute atomic E-state index is 0.382. The molecule has 1 N–H and O–H groups in total. The SMILES string of the molecule is O=C(NN=c1cnc(-c2ccc(Cl)cc2Cl)cn1-c1ccccc1)c1cccc(Cl)c1. The Kier molecular flexibility index (Phi) is 6.37. The molecule has 0 spiro atoms. The molecule has 4 rings (SSSR count). The number of nitrogens with one attached hydrogen (secondary N) is 1. The normalized spacial score (nSPS) is 11.4. The van der Waals surface area contributed by atoms with E-state index in [4.69, 9.17) is 34.8 Å². The molecule has 4 aromatic rings. The van der Waals surface area contributed by atoms with Gasteiger partial charge in [-0.25, -0.2) is 5.43 Å². The molecule has 0 aliphatic rings. The Balaban J connectivity index is 1.77. The van der Waals surface area contributed by atoms with Crippen molar-refractivity contribution in [1.82, 2.24) is 15.0 Å². The van der Waals surface area contributed by atoms with Gasteiger partial charge >= 0.3 is 0 Å². The third-order valence-electron chi connectivity index (χ3n) is 4.42. The molecule has 1 heterocycles. The highest BCUT2D eigenvalue weighted by Crippen LogP contribution is 2.28. The van der Waals surface area contributed by atoms with E-state index in [2.05, 4.69) is 15.5 Å². The molecule has 0 aliphatic heterocycles. The third-order valence-corrected chi connectivity index (χ3v) is 5.20. The predicted molar refractivity (Wildman–Crippen MR) is 124 cm³/mol. The van der Waals surface area contributed by atoms with Gasteiger partial charge in [0.2, 0.25) is 0 Å². The molecule has 0 saturated carbocycles. The zero-order valence-corrected chi connectivity index (χ0v) is 18.2. The van der Waals surface area contributed by atoms with Crippen molar-refractivity contribution in [2.24, 2.45) is 5.10 Å². The molecule has 3 aromatic carbocycles. The summed E-state index contributed by atoms with van der Waals surface area (Å²) in [6.45, 7) is 0. The number of hydrogen-bond donors (Lipinski definition) is 1. The van der Waals surface area contributed by atoms with E-state index in [-0.39, 0.29) is 5.91 Å². The van der Waals surface area contributed by atoms with Gasteiger partial charge in [0.25, 0.3) is 5.91 Å². The summed E-state index contributed by atoms with van der Waals surface area (Å²) in [5.74, 6) is -0.382. The van der Waals surface area contributed by atoms with E-state index >= 15 is 0 Å². The van der Waals surface area contributed by atoms with Gasteiger partial charge in [-0.3, -0.25) is 14.3 Å². The number of amides is 1. The highest BCUT2D eigenvalue weighted by Gasteiger charge is 2.09. The van der Waals surface area contributed by atoms with Crippen LogP contribution >= 0.6 is 34.8 Å². The zero-order valence-electron chi connectivity index (χ0n) is 16.0. The number of carbonyl (C=O) groups is 1. The highest BCUT2D eigenvalue weighted by atomic mass is 35.5. The van der Waals surface area contributed by atoms with Gasteiger partial charge in [0.1, 0.15) is 0 Å². The first-order valence-electron chi connectivity index (χ1n) is 9.20. The Labute approximate surface area is 193 Å². The van der Waals surface area contributed by atoms with Crippen molar-refractivity contribution >= 4 is 40.7 Å². The van der Waals surface area contributed by atoms with E-state index in [1.807, 2.05) is 34.9 Å². The summed E-state index contributed by atoms with van der Waals surface area (Å²) in [5.41, 5.74) is 5.58. The first-order chi connectivity index (χ1) is 15.0. The molecular formula is C23H15Cl3N4O. The average molecular weight is 470 g/mol. The van der Waals surface area contributed by atoms with Crippen molar-refractivity contribution in [2.75, 3.05) is 0 Å². The fraction of sp³-hybridized carbons (Fsp3) is 0. The minimum atomic E-state index is -0.382. The highest BCUT2D eigenvalue weighted by molar-refractivity contribution is 6.36. The Bertz CT molecular complexity index is 1320. The van der Waals surface area contributed by atoms with Crippen molar-refractivity contribution in [3.05, 3.63) is 111 Å². The molecule has 0 aliphatic carbocycles. The van der Waals surface area contributed by atoms with Crippen molar-refractivity contribution in [3.63, 3.8) is 0 Å². The lowest BCUT2D eigenvalue weighted by atomic mass is 10.1. The lowest BCUT2D eigenvalue weighted by molar-refractivity contribution is 0.0952. The molecule has 0 unspecified atom stereocenters. The summed E-state index contributed by atoms with van der Waals surface area (Å²) in [5, 5.41) is 5.76. The van der Waals surface area contributed by atoms with Crippen LogP contribution in [0.3, 0.4) is 0 Å². The Morgan fingerprint density at radius 1 is 0.903 bits per heavy atom. The number of rotatable bonds is 4. The molecule has 1 amide bonds. The monoisotopic (exact) mass is 468 g/mol. The predicted octanol–water partition coefficient (Wildman–Crippen LogP) is 5.75. The number of benzene rings is 3. The second kappa shape index (κ2) is 9.35. The second-order valence-corrected chi connectivity index (χ2v) is 7.80. The van der Waals surface area contributed by atoms with Crippen molar-refractivity contribution < 1.29 is 4.79 Å². The summed E-state index contributed by atoms with van der Waals surface area (Å²) in [6.07, 6.45) is 3.36. The largest absolute Gasteiger partial charge is 0.297 e. The molecule has 31 heavy (non-hydrogen) atoms. The molecular weight excluding hydrogens is 455 g/mol. The van der Waals surface area contributed by atoms with Gasteiger partial charge in [-0.15, -0.1) is 0 Å². The van der Waals surface area contributed by atoms with E-state index < -0.39 is 0 Å². The van der Waals surface area contributed by atoms with Gasteiger partial charge in [0, 0.05) is 33.1 Å². The van der Waals surface area contributed by atoms with Crippen LogP contribution in [-0.4, -0.2) is 15.5 Å². The first-order valence-corrected chi connectivity index (χ1v) is 10.3. The number of nitrogens with zero attached hydrogens (tertiary/aromatic N) is 3. The van der Waals surface area contributed by atoms with Crippen LogP contribution in [0.25, 0.3) is 16.9 Å². The van der Waals surface area contributed by atoms with E-state index in [0.29, 0.717) is 31.8 Å². The summed E-state index contributed by atoms with van der Waals surface area (Å²) in [4.78, 5) is 16.9. The smallest absolute Gasteiger partial charge is 0.271 e. The lowest BCUT2D eigenvalue weighted by Gasteiger charge is -2.11. The molecule has 0 atom stereocenters. The number of para-hydroxylation sites is 1. The fourth-order valence-electron chi connectivity index (χ4n) is 2.93. The van der Waals surface area contributed by atoms with E-state index in [1.54, 1.807) is 54.9 Å². The molecule has 0 fully saturated rings. The van der Waals surface area contributed by atoms with Crippen LogP contribution in [0.15, 0.2) is 90.3 Å². The van der Waals surface area contributed by atoms with Crippen molar-refractivity contribution in [2.45, 2.75) is 0 Å². The molecule has 0 bridgehead atoms. The zero-order chi connectivity index (χ0) is 21.8. The van der Waals surface area contributed by atoms with Gasteiger partial charge in [0.15, 0.2) is 5.49 Å². The number of carbonyl (C=O) groups excluding carboxylic acids is 1. The minimum Gasteiger partial charge on any atom is -0.297 e. The summed E-state index contributed by atoms with van der Waals surface area (Å²) in [6, 6.07) is 21.4. The van der Waals surface area contributed by atoms with Crippen LogP contribution in [0.4, 0.5) is 0 Å². The van der Waals surface area contributed by atoms with E-state index in [9.17, 15) is 4.79 Å². The summed E-state index contributed by atoms with van der Waals surface area (Å²) < 4.78 is 1.81. The van der Waals surface area contributed by atoms with E-state index in [1.165, 1.54) is 0 Å². The number of hydrogen-bond acceptors (Lipinski definition) is 3. The van der Waals surface area contributed by atoms with Gasteiger partial charge < -0.3 is 0 Å². The van der Waals surface area contributed by atoms with Gasteiger partial charge in [0.05, 0.1) is 16.9 Å². The molecule has 154 valence electrons. The summed E-state index contributed by atoms with van der Waals surface area (Å²) >= 11 is 18.3. The van der Waals surface area contributed by atoms with Crippen molar-refractivity contribution in [1.29, 1.82) is 0 Å². The van der Waals surface area contributed by atoms with Crippen LogP contribution in [0.2, 0.25) is 15.1 Å². The molecule has 8 heteroatoms. The maximum absolute atomic E-state index is 12.5. The standard InChI is InChI=1S/C23H15Cl3N4O/c24-16-6-4-5-15(11-16)23(31)29-28-22-13-27-21(19-10-9-17(25)12-20(19)26)14-30(22)18-7-2-1-3-8-18/h1-14H,(H,29,31). The van der Waals surface area contributed by atoms with E-state index in [0.717, 1.165) is 11.3 Å². The lowest BCUT2D eigenvalue weighted by Crippen LogP contribution is -2.27. The maximum atomic E-state index is 12.5. The van der Waals surface area contributed by atoms with Crippen LogP contribution in [-0.2, 0) is 0 Å². The molecule has 5 nitrogen and oxygen atoms in total. The van der Waals surface area contributed by atoms with Crippen LogP contribution in [0.1, 0.15) is 10.4 Å². The van der Waals surface area contributed by atoms with Crippen molar-refractivity contribution in [3.8, 4) is 16.9 Å². The molecule has 0 saturated heterocycles. The Morgan fingerprint density at radius 3 is 2.42 bits per heavy atom. The first kappa shape index (κ1) is 21.1. The quantitative estimate of drug-likeness (QED) is 0.387. The van der Waals surface area contributed by atoms with Crippen LogP contribution in [0.5, 0.6) is 0 Å². The summed E-state index contributed by atoms with van der Waals surface area (Å²) in [7, 11) is 0. The van der Waals surface area contributed by atoms with Crippen LogP contribution in [0, 0.1) is 0 Å². The maximum Gasteiger partial charge on any atom is 0.271 e. The van der Waals surface area contributed by atoms with Crippen LogP contribution < -0.4 is 10.9 Å². The fourth-order valence-corrected chi connectivity index (χ4v) is 3.62. The Hall–Kier alpha value is -3.12.